The van der Waals surface area contributed by atoms with Crippen LogP contribution < -0.4 is 4.90 Å². The fourth-order valence-electron chi connectivity index (χ4n) is 5.69. The molecule has 0 saturated heterocycles. The second-order valence-electron chi connectivity index (χ2n) is 12.8. The van der Waals surface area contributed by atoms with E-state index in [9.17, 15) is 18.0 Å². The lowest BCUT2D eigenvalue weighted by atomic mass is 9.84. The summed E-state index contributed by atoms with van der Waals surface area (Å²) in [6.45, 7) is 9.63. The van der Waals surface area contributed by atoms with Crippen LogP contribution in [0.2, 0.25) is 0 Å². The molecule has 5 rings (SSSR count). The van der Waals surface area contributed by atoms with Gasteiger partial charge in [-0.25, -0.2) is 13.1 Å². The number of carbonyl (C=O) groups is 2. The lowest BCUT2D eigenvalue weighted by Gasteiger charge is -2.24. The van der Waals surface area contributed by atoms with Gasteiger partial charge in [0.1, 0.15) is 10.4 Å². The Morgan fingerprint density at radius 1 is 0.978 bits per heavy atom. The monoisotopic (exact) mass is 647 g/mol. The molecule has 1 aliphatic rings. The number of hydrogen-bond donors (Lipinski definition) is 0. The minimum atomic E-state index is -3.77. The van der Waals surface area contributed by atoms with Gasteiger partial charge in [-0.15, -0.1) is 5.10 Å². The molecule has 0 radical (unpaired) electrons. The molecule has 0 spiro atoms. The van der Waals surface area contributed by atoms with Gasteiger partial charge >= 0.3 is 11.9 Å². The molecule has 244 valence electrons. The standard InChI is InChI=1S/C34H41N5O6S/c1-22-12-13-24(18-25(22)20-39-17-16-37(6)28-10-8-9-11-30(28)46(39,42)43)27(19-31(40)44-21-45-33(41)34(3,4)5)26-14-15-29-32(23(26)2)35-36-38(29)7/h8-15,18,27H,16-17,19-21H2,1-7H3. The van der Waals surface area contributed by atoms with Crippen molar-refractivity contribution in [2.75, 3.05) is 31.8 Å². The van der Waals surface area contributed by atoms with Crippen molar-refractivity contribution < 1.29 is 27.5 Å². The highest BCUT2D eigenvalue weighted by atomic mass is 32.2. The Morgan fingerprint density at radius 3 is 2.46 bits per heavy atom. The number of carbonyl (C=O) groups excluding carboxylic acids is 2. The number of fused-ring (bicyclic) bond motifs is 2. The van der Waals surface area contributed by atoms with Gasteiger partial charge in [-0.1, -0.05) is 41.6 Å². The van der Waals surface area contributed by atoms with Crippen LogP contribution in [0.5, 0.6) is 0 Å². The average molecular weight is 648 g/mol. The predicted molar refractivity (Wildman–Crippen MR) is 175 cm³/mol. The molecule has 11 nitrogen and oxygen atoms in total. The van der Waals surface area contributed by atoms with Crippen molar-refractivity contribution >= 4 is 38.7 Å². The van der Waals surface area contributed by atoms with Crippen LogP contribution in [-0.2, 0) is 42.7 Å². The van der Waals surface area contributed by atoms with Crippen molar-refractivity contribution in [1.82, 2.24) is 19.3 Å². The number of benzene rings is 3. The predicted octanol–water partition coefficient (Wildman–Crippen LogP) is 4.84. The number of esters is 2. The highest BCUT2D eigenvalue weighted by Gasteiger charge is 2.32. The Balaban J connectivity index is 1.48. The normalized spacial score (nSPS) is 15.7. The molecular formula is C34H41N5O6S. The van der Waals surface area contributed by atoms with Gasteiger partial charge in [0.05, 0.1) is 23.0 Å². The highest BCUT2D eigenvalue weighted by molar-refractivity contribution is 7.89. The highest BCUT2D eigenvalue weighted by Crippen LogP contribution is 2.36. The average Bonchev–Trinajstić information content (AvgIpc) is 3.35. The SMILES string of the molecule is Cc1ccc(C(CC(=O)OCOC(=O)C(C)(C)C)c2ccc3c(nnn3C)c2C)cc1CN1CCN(C)c2ccccc2S1(=O)=O. The van der Waals surface area contributed by atoms with E-state index in [2.05, 4.69) is 10.3 Å². The van der Waals surface area contributed by atoms with Gasteiger partial charge < -0.3 is 14.4 Å². The smallest absolute Gasteiger partial charge is 0.314 e. The molecule has 4 aromatic rings. The van der Waals surface area contributed by atoms with Crippen molar-refractivity contribution in [2.45, 2.75) is 58.4 Å². The molecule has 0 amide bonds. The quantitative estimate of drug-likeness (QED) is 0.195. The molecule has 3 aromatic carbocycles. The fourth-order valence-corrected chi connectivity index (χ4v) is 7.34. The van der Waals surface area contributed by atoms with Crippen LogP contribution in [0, 0.1) is 19.3 Å². The number of anilines is 1. The Labute approximate surface area is 270 Å². The number of aromatic nitrogens is 3. The summed E-state index contributed by atoms with van der Waals surface area (Å²) >= 11 is 0. The van der Waals surface area contributed by atoms with Gasteiger partial charge in [0.2, 0.25) is 16.8 Å². The largest absolute Gasteiger partial charge is 0.428 e. The summed E-state index contributed by atoms with van der Waals surface area (Å²) in [7, 11) is -0.0520. The Kier molecular flexibility index (Phi) is 9.23. The summed E-state index contributed by atoms with van der Waals surface area (Å²) in [5.41, 5.74) is 5.86. The molecule has 0 N–H and O–H groups in total. The summed E-state index contributed by atoms with van der Waals surface area (Å²) in [6.07, 6.45) is -0.0393. The van der Waals surface area contributed by atoms with Gasteiger partial charge in [-0.3, -0.25) is 9.59 Å². The number of sulfonamides is 1. The van der Waals surface area contributed by atoms with Crippen LogP contribution in [0.25, 0.3) is 11.0 Å². The number of aryl methyl sites for hydroxylation is 3. The van der Waals surface area contributed by atoms with Crippen LogP contribution >= 0.6 is 0 Å². The third kappa shape index (κ3) is 6.63. The summed E-state index contributed by atoms with van der Waals surface area (Å²) in [5.74, 6) is -1.47. The first-order valence-corrected chi connectivity index (χ1v) is 16.6. The van der Waals surface area contributed by atoms with E-state index >= 15 is 0 Å². The minimum absolute atomic E-state index is 0.0393. The number of likely N-dealkylation sites (N-methyl/N-ethyl adjacent to an activating group) is 1. The molecule has 0 aliphatic carbocycles. The van der Waals surface area contributed by atoms with Crippen LogP contribution in [0.3, 0.4) is 0 Å². The molecular weight excluding hydrogens is 606 g/mol. The number of hydrogen-bond acceptors (Lipinski definition) is 9. The zero-order valence-electron chi connectivity index (χ0n) is 27.4. The van der Waals surface area contributed by atoms with E-state index in [0.29, 0.717) is 18.8 Å². The molecule has 1 atom stereocenters. The first-order valence-electron chi connectivity index (χ1n) is 15.2. The van der Waals surface area contributed by atoms with E-state index in [1.165, 1.54) is 4.31 Å². The topological polar surface area (TPSA) is 124 Å². The molecule has 0 saturated carbocycles. The van der Waals surface area contributed by atoms with E-state index in [1.807, 2.05) is 75.3 Å². The number of rotatable bonds is 8. The Hall–Kier alpha value is -4.29. The Bertz CT molecular complexity index is 1900. The summed E-state index contributed by atoms with van der Waals surface area (Å²) in [6, 6.07) is 16.8. The van der Waals surface area contributed by atoms with Crippen LogP contribution in [0.1, 0.15) is 60.9 Å². The van der Waals surface area contributed by atoms with Crippen molar-refractivity contribution in [3.05, 3.63) is 82.4 Å². The maximum absolute atomic E-state index is 13.8. The molecule has 0 fully saturated rings. The summed E-state index contributed by atoms with van der Waals surface area (Å²) in [5, 5.41) is 8.51. The molecule has 1 unspecified atom stereocenters. The fraction of sp³-hybridized carbons (Fsp3) is 0.412. The zero-order chi connectivity index (χ0) is 33.4. The summed E-state index contributed by atoms with van der Waals surface area (Å²) < 4.78 is 41.4. The zero-order valence-corrected chi connectivity index (χ0v) is 28.2. The van der Waals surface area contributed by atoms with Crippen molar-refractivity contribution in [3.8, 4) is 0 Å². The summed E-state index contributed by atoms with van der Waals surface area (Å²) in [4.78, 5) is 27.6. The van der Waals surface area contributed by atoms with Crippen LogP contribution in [0.15, 0.2) is 59.5 Å². The number of ether oxygens (including phenoxy) is 2. The van der Waals surface area contributed by atoms with Gasteiger partial charge in [0, 0.05) is 39.6 Å². The van der Waals surface area contributed by atoms with Gasteiger partial charge in [-0.05, 0) is 80.6 Å². The van der Waals surface area contributed by atoms with E-state index in [1.54, 1.807) is 37.6 Å². The van der Waals surface area contributed by atoms with Gasteiger partial charge in [0.25, 0.3) is 0 Å². The van der Waals surface area contributed by atoms with Crippen molar-refractivity contribution in [1.29, 1.82) is 0 Å². The van der Waals surface area contributed by atoms with Crippen molar-refractivity contribution in [2.24, 2.45) is 12.5 Å². The van der Waals surface area contributed by atoms with E-state index in [-0.39, 0.29) is 17.9 Å². The lowest BCUT2D eigenvalue weighted by molar-refractivity contribution is -0.173. The third-order valence-electron chi connectivity index (χ3n) is 8.55. The van der Waals surface area contributed by atoms with Gasteiger partial charge in [-0.2, -0.15) is 4.31 Å². The molecule has 12 heteroatoms. The van der Waals surface area contributed by atoms with E-state index in [0.717, 1.165) is 38.9 Å². The molecule has 2 heterocycles. The minimum Gasteiger partial charge on any atom is -0.428 e. The second-order valence-corrected chi connectivity index (χ2v) is 14.8. The Morgan fingerprint density at radius 2 is 1.72 bits per heavy atom. The third-order valence-corrected chi connectivity index (χ3v) is 10.4. The molecule has 46 heavy (non-hydrogen) atoms. The molecule has 1 aliphatic heterocycles. The van der Waals surface area contributed by atoms with E-state index < -0.39 is 40.1 Å². The molecule has 0 bridgehead atoms. The van der Waals surface area contributed by atoms with Crippen LogP contribution in [0.4, 0.5) is 5.69 Å². The van der Waals surface area contributed by atoms with Crippen LogP contribution in [-0.4, -0.2) is 66.6 Å². The first kappa shape index (κ1) is 33.1. The number of para-hydroxylation sites is 1. The maximum Gasteiger partial charge on any atom is 0.314 e. The lowest BCUT2D eigenvalue weighted by Crippen LogP contribution is -2.33. The maximum atomic E-state index is 13.8. The second kappa shape index (κ2) is 12.8. The van der Waals surface area contributed by atoms with Crippen molar-refractivity contribution in [3.63, 3.8) is 0 Å². The van der Waals surface area contributed by atoms with Gasteiger partial charge in [0.15, 0.2) is 0 Å². The molecule has 1 aromatic heterocycles. The number of nitrogens with zero attached hydrogens (tertiary/aromatic N) is 5. The van der Waals surface area contributed by atoms with E-state index in [4.69, 9.17) is 9.47 Å². The first-order chi connectivity index (χ1) is 21.7.